The maximum Gasteiger partial charge on any atom is 0.100 e. The Bertz CT molecular complexity index is 708. The van der Waals surface area contributed by atoms with Crippen molar-refractivity contribution >= 4 is 11.8 Å². The molecule has 28 heavy (non-hydrogen) atoms. The van der Waals surface area contributed by atoms with Crippen LogP contribution in [-0.4, -0.2) is 23.2 Å². The molecule has 2 heteroatoms. The fourth-order valence-electron chi connectivity index (χ4n) is 5.74. The predicted octanol–water partition coefficient (Wildman–Crippen LogP) is 7.41. The smallest absolute Gasteiger partial charge is 0.100 e. The molecule has 0 aromatic carbocycles. The summed E-state index contributed by atoms with van der Waals surface area (Å²) in [4.78, 5) is 0. The third-order valence-electron chi connectivity index (χ3n) is 7.97. The highest BCUT2D eigenvalue weighted by molar-refractivity contribution is 8.00. The first-order valence-corrected chi connectivity index (χ1v) is 12.6. The molecule has 0 aromatic rings. The Morgan fingerprint density at radius 1 is 1.25 bits per heavy atom. The first kappa shape index (κ1) is 20.5. The van der Waals surface area contributed by atoms with Gasteiger partial charge in [0, 0.05) is 11.0 Å². The van der Waals surface area contributed by atoms with E-state index in [1.165, 1.54) is 62.5 Å². The highest BCUT2D eigenvalue weighted by Gasteiger charge is 2.47. The molecule has 2 saturated carbocycles. The summed E-state index contributed by atoms with van der Waals surface area (Å²) >= 11 is 2.12. The van der Waals surface area contributed by atoms with Crippen molar-refractivity contribution in [2.24, 2.45) is 11.3 Å². The van der Waals surface area contributed by atoms with Crippen LogP contribution in [0, 0.1) is 11.3 Å². The van der Waals surface area contributed by atoms with Crippen molar-refractivity contribution in [3.63, 3.8) is 0 Å². The van der Waals surface area contributed by atoms with Gasteiger partial charge < -0.3 is 4.74 Å². The molecule has 1 aliphatic heterocycles. The number of fused-ring (bicyclic) bond motifs is 1. The molecule has 0 spiro atoms. The topological polar surface area (TPSA) is 12.5 Å². The monoisotopic (exact) mass is 398 g/mol. The van der Waals surface area contributed by atoms with Gasteiger partial charge in [0.05, 0.1) is 6.61 Å². The van der Waals surface area contributed by atoms with Gasteiger partial charge in [-0.05, 0) is 81.6 Å². The SMILES string of the molecule is C=C1CCCC/C1=C/C=C1\CCC[C@]2(C)C(C(C)SCC3(CC)CO3)=CCC12. The number of ether oxygens (including phenoxy) is 1. The van der Waals surface area contributed by atoms with Gasteiger partial charge in [0.25, 0.3) is 0 Å². The van der Waals surface area contributed by atoms with Crippen LogP contribution in [0.25, 0.3) is 0 Å². The second-order valence-corrected chi connectivity index (χ2v) is 11.1. The molecule has 154 valence electrons. The summed E-state index contributed by atoms with van der Waals surface area (Å²) in [6, 6.07) is 0. The largest absolute Gasteiger partial charge is 0.369 e. The summed E-state index contributed by atoms with van der Waals surface area (Å²) in [5.41, 5.74) is 6.86. The van der Waals surface area contributed by atoms with E-state index in [-0.39, 0.29) is 5.60 Å². The average Bonchev–Trinajstić information content (AvgIpc) is 3.39. The minimum atomic E-state index is 0.199. The summed E-state index contributed by atoms with van der Waals surface area (Å²) in [7, 11) is 0. The molecule has 1 heterocycles. The van der Waals surface area contributed by atoms with Crippen LogP contribution in [-0.2, 0) is 4.74 Å². The highest BCUT2D eigenvalue weighted by Crippen LogP contribution is 2.57. The Morgan fingerprint density at radius 2 is 2.04 bits per heavy atom. The van der Waals surface area contributed by atoms with E-state index < -0.39 is 0 Å². The third-order valence-corrected chi connectivity index (χ3v) is 9.42. The van der Waals surface area contributed by atoms with Crippen LogP contribution in [0.5, 0.6) is 0 Å². The van der Waals surface area contributed by atoms with Gasteiger partial charge in [-0.2, -0.15) is 11.8 Å². The molecule has 4 atom stereocenters. The van der Waals surface area contributed by atoms with E-state index in [0.29, 0.717) is 16.6 Å². The molecular weight excluding hydrogens is 360 g/mol. The summed E-state index contributed by atoms with van der Waals surface area (Å²) < 4.78 is 5.74. The van der Waals surface area contributed by atoms with Crippen molar-refractivity contribution in [1.29, 1.82) is 0 Å². The van der Waals surface area contributed by atoms with Gasteiger partial charge in [-0.3, -0.25) is 0 Å². The molecule has 1 nitrogen and oxygen atoms in total. The van der Waals surface area contributed by atoms with Crippen molar-refractivity contribution < 1.29 is 4.74 Å². The van der Waals surface area contributed by atoms with Crippen LogP contribution in [0.15, 0.2) is 47.1 Å². The summed E-state index contributed by atoms with van der Waals surface area (Å²) in [6.45, 7) is 12.5. The maximum atomic E-state index is 5.74. The fourth-order valence-corrected chi connectivity index (χ4v) is 7.21. The zero-order valence-corrected chi connectivity index (χ0v) is 19.0. The van der Waals surface area contributed by atoms with Gasteiger partial charge in [0.15, 0.2) is 0 Å². The number of hydrogen-bond acceptors (Lipinski definition) is 2. The molecule has 3 fully saturated rings. The lowest BCUT2D eigenvalue weighted by Gasteiger charge is -2.42. The molecule has 3 aliphatic carbocycles. The molecule has 3 unspecified atom stereocenters. The number of thioether (sulfide) groups is 1. The van der Waals surface area contributed by atoms with E-state index >= 15 is 0 Å². The quantitative estimate of drug-likeness (QED) is 0.341. The molecule has 0 radical (unpaired) electrons. The molecule has 1 saturated heterocycles. The second-order valence-electron chi connectivity index (χ2n) is 9.74. The van der Waals surface area contributed by atoms with Gasteiger partial charge in [-0.15, -0.1) is 0 Å². The lowest BCUT2D eigenvalue weighted by molar-refractivity contribution is 0.231. The van der Waals surface area contributed by atoms with Crippen molar-refractivity contribution in [2.45, 2.75) is 89.4 Å². The van der Waals surface area contributed by atoms with Gasteiger partial charge >= 0.3 is 0 Å². The molecular formula is C26H38OS. The molecule has 4 aliphatic rings. The number of epoxide rings is 1. The molecule has 0 aromatic heterocycles. The minimum Gasteiger partial charge on any atom is -0.369 e. The van der Waals surface area contributed by atoms with Crippen molar-refractivity contribution in [2.75, 3.05) is 12.4 Å². The van der Waals surface area contributed by atoms with Crippen LogP contribution in [0.2, 0.25) is 0 Å². The lowest BCUT2D eigenvalue weighted by atomic mass is 9.64. The fraction of sp³-hybridized carbons (Fsp3) is 0.692. The summed E-state index contributed by atoms with van der Waals surface area (Å²) in [6.07, 6.45) is 18.9. The van der Waals surface area contributed by atoms with Crippen LogP contribution in [0.3, 0.4) is 0 Å². The Balaban J connectivity index is 1.45. The van der Waals surface area contributed by atoms with E-state index in [4.69, 9.17) is 4.74 Å². The zero-order valence-electron chi connectivity index (χ0n) is 18.2. The van der Waals surface area contributed by atoms with E-state index in [0.717, 1.165) is 18.8 Å². The van der Waals surface area contributed by atoms with Crippen molar-refractivity contribution in [1.82, 2.24) is 0 Å². The van der Waals surface area contributed by atoms with E-state index in [9.17, 15) is 0 Å². The predicted molar refractivity (Wildman–Crippen MR) is 123 cm³/mol. The van der Waals surface area contributed by atoms with Gasteiger partial charge in [-0.1, -0.05) is 55.4 Å². The Kier molecular flexibility index (Phi) is 6.00. The minimum absolute atomic E-state index is 0.199. The normalized spacial score (nSPS) is 39.2. The first-order valence-electron chi connectivity index (χ1n) is 11.5. The summed E-state index contributed by atoms with van der Waals surface area (Å²) in [5.74, 6) is 1.87. The van der Waals surface area contributed by atoms with Crippen molar-refractivity contribution in [3.05, 3.63) is 47.1 Å². The van der Waals surface area contributed by atoms with Crippen LogP contribution >= 0.6 is 11.8 Å². The van der Waals surface area contributed by atoms with Gasteiger partial charge in [0.1, 0.15) is 5.60 Å². The number of allylic oxidation sites excluding steroid dienone is 6. The maximum absolute atomic E-state index is 5.74. The second kappa shape index (κ2) is 8.19. The highest BCUT2D eigenvalue weighted by atomic mass is 32.2. The first-order chi connectivity index (χ1) is 13.5. The van der Waals surface area contributed by atoms with Crippen LogP contribution < -0.4 is 0 Å². The molecule has 4 rings (SSSR count). The Hall–Kier alpha value is -0.730. The number of rotatable bonds is 6. The zero-order chi connectivity index (χ0) is 19.8. The standard InChI is InChI=1S/C26H38OS/c1-5-26(17-27-26)18-28-20(3)23-14-15-24-22(11-8-16-25(23,24)4)13-12-21-10-7-6-9-19(21)2/h12-14,20,24H,2,5-11,15-18H2,1,3-4H3/b21-12-,22-13+/t20?,24?,25-,26?/m1/s1. The third kappa shape index (κ3) is 3.97. The van der Waals surface area contributed by atoms with Crippen LogP contribution in [0.1, 0.15) is 78.6 Å². The van der Waals surface area contributed by atoms with Crippen molar-refractivity contribution in [3.8, 4) is 0 Å². The van der Waals surface area contributed by atoms with E-state index in [2.05, 4.69) is 57.3 Å². The molecule has 0 N–H and O–H groups in total. The summed E-state index contributed by atoms with van der Waals surface area (Å²) in [5, 5.41) is 0.610. The Labute approximate surface area is 176 Å². The Morgan fingerprint density at radius 3 is 2.75 bits per heavy atom. The molecule has 0 amide bonds. The number of hydrogen-bond donors (Lipinski definition) is 0. The van der Waals surface area contributed by atoms with E-state index in [1.54, 1.807) is 11.1 Å². The lowest BCUT2D eigenvalue weighted by Crippen LogP contribution is -2.33. The van der Waals surface area contributed by atoms with E-state index in [1.807, 2.05) is 0 Å². The van der Waals surface area contributed by atoms with Gasteiger partial charge in [-0.25, -0.2) is 0 Å². The van der Waals surface area contributed by atoms with Gasteiger partial charge in [0.2, 0.25) is 0 Å². The van der Waals surface area contributed by atoms with Crippen LogP contribution in [0.4, 0.5) is 0 Å². The average molecular weight is 399 g/mol. The molecule has 0 bridgehead atoms.